The third-order valence-corrected chi connectivity index (χ3v) is 3.13. The fourth-order valence-corrected chi connectivity index (χ4v) is 1.79. The summed E-state index contributed by atoms with van der Waals surface area (Å²) >= 11 is 0. The van der Waals surface area contributed by atoms with Crippen LogP contribution < -0.4 is 15.4 Å². The summed E-state index contributed by atoms with van der Waals surface area (Å²) in [5.74, 6) is 1.51. The Morgan fingerprint density at radius 2 is 2.25 bits per heavy atom. The van der Waals surface area contributed by atoms with Gasteiger partial charge in [0.25, 0.3) is 0 Å². The van der Waals surface area contributed by atoms with Crippen molar-refractivity contribution in [1.29, 1.82) is 0 Å². The predicted octanol–water partition coefficient (Wildman–Crippen LogP) is 2.63. The van der Waals surface area contributed by atoms with Gasteiger partial charge in [-0.1, -0.05) is 6.07 Å². The molecule has 0 radical (unpaired) electrons. The second-order valence-electron chi connectivity index (χ2n) is 4.98. The topological polar surface area (TPSA) is 59.6 Å². The Hall–Kier alpha value is -1.75. The van der Waals surface area contributed by atoms with Crippen LogP contribution in [0.2, 0.25) is 0 Å². The summed E-state index contributed by atoms with van der Waals surface area (Å²) in [6.45, 7) is 2.19. The molecule has 1 aliphatic carbocycles. The van der Waals surface area contributed by atoms with Crippen LogP contribution >= 0.6 is 0 Å². The van der Waals surface area contributed by atoms with Crippen molar-refractivity contribution in [3.8, 4) is 5.75 Å². The Kier molecular flexibility index (Phi) is 5.68. The molecule has 110 valence electrons. The highest BCUT2D eigenvalue weighted by Gasteiger charge is 2.20. The standard InChI is InChI=1S/C15H22N2O3/c1-19-14-5-2-4-13(10-14)17-15(18)16-8-3-9-20-11-12-6-7-12/h2,4-5,10,12H,3,6-9,11H2,1H3,(H2,16,17,18). The number of carbonyl (C=O) groups is 1. The first-order chi connectivity index (χ1) is 9.78. The van der Waals surface area contributed by atoms with E-state index >= 15 is 0 Å². The van der Waals surface area contributed by atoms with Gasteiger partial charge in [0.05, 0.1) is 7.11 Å². The summed E-state index contributed by atoms with van der Waals surface area (Å²) in [6, 6.07) is 7.06. The number of methoxy groups -OCH3 is 1. The van der Waals surface area contributed by atoms with Crippen molar-refractivity contribution < 1.29 is 14.3 Å². The van der Waals surface area contributed by atoms with Gasteiger partial charge < -0.3 is 20.1 Å². The molecule has 0 saturated heterocycles. The van der Waals surface area contributed by atoms with Crippen molar-refractivity contribution in [3.63, 3.8) is 0 Å². The van der Waals surface area contributed by atoms with Gasteiger partial charge in [-0.2, -0.15) is 0 Å². The van der Waals surface area contributed by atoms with Gasteiger partial charge in [-0.3, -0.25) is 0 Å². The molecule has 1 fully saturated rings. The maximum atomic E-state index is 11.7. The molecule has 20 heavy (non-hydrogen) atoms. The van der Waals surface area contributed by atoms with Crippen molar-refractivity contribution in [2.75, 3.05) is 32.2 Å². The zero-order chi connectivity index (χ0) is 14.2. The Labute approximate surface area is 119 Å². The van der Waals surface area contributed by atoms with Gasteiger partial charge in [0, 0.05) is 31.5 Å². The lowest BCUT2D eigenvalue weighted by Gasteiger charge is -2.09. The quantitative estimate of drug-likeness (QED) is 0.719. The van der Waals surface area contributed by atoms with E-state index in [0.29, 0.717) is 18.8 Å². The lowest BCUT2D eigenvalue weighted by atomic mass is 10.3. The lowest BCUT2D eigenvalue weighted by molar-refractivity contribution is 0.122. The minimum absolute atomic E-state index is 0.208. The fraction of sp³-hybridized carbons (Fsp3) is 0.533. The Morgan fingerprint density at radius 3 is 3.00 bits per heavy atom. The number of nitrogens with one attached hydrogen (secondary N) is 2. The van der Waals surface area contributed by atoms with Crippen molar-refractivity contribution in [2.45, 2.75) is 19.3 Å². The number of hydrogen-bond acceptors (Lipinski definition) is 3. The molecule has 0 unspecified atom stereocenters. The normalized spacial score (nSPS) is 13.8. The van der Waals surface area contributed by atoms with Crippen LogP contribution in [0.4, 0.5) is 10.5 Å². The van der Waals surface area contributed by atoms with Crippen LogP contribution in [0.1, 0.15) is 19.3 Å². The van der Waals surface area contributed by atoms with Crippen LogP contribution in [-0.2, 0) is 4.74 Å². The van der Waals surface area contributed by atoms with Crippen LogP contribution in [0.25, 0.3) is 0 Å². The van der Waals surface area contributed by atoms with E-state index in [1.54, 1.807) is 13.2 Å². The van der Waals surface area contributed by atoms with Gasteiger partial charge >= 0.3 is 6.03 Å². The molecule has 5 nitrogen and oxygen atoms in total. The first-order valence-electron chi connectivity index (χ1n) is 7.04. The largest absolute Gasteiger partial charge is 0.497 e. The Bertz CT molecular complexity index is 433. The van der Waals surface area contributed by atoms with Crippen molar-refractivity contribution in [1.82, 2.24) is 5.32 Å². The molecular formula is C15H22N2O3. The number of ether oxygens (including phenoxy) is 2. The van der Waals surface area contributed by atoms with E-state index in [4.69, 9.17) is 9.47 Å². The number of hydrogen-bond donors (Lipinski definition) is 2. The SMILES string of the molecule is COc1cccc(NC(=O)NCCCOCC2CC2)c1. The summed E-state index contributed by atoms with van der Waals surface area (Å²) in [7, 11) is 1.60. The third-order valence-electron chi connectivity index (χ3n) is 3.13. The summed E-state index contributed by atoms with van der Waals surface area (Å²) in [6.07, 6.45) is 3.45. The molecule has 2 amide bonds. The highest BCUT2D eigenvalue weighted by Crippen LogP contribution is 2.28. The van der Waals surface area contributed by atoms with Crippen LogP contribution in [0, 0.1) is 5.92 Å². The first-order valence-corrected chi connectivity index (χ1v) is 7.04. The summed E-state index contributed by atoms with van der Waals surface area (Å²) < 4.78 is 10.6. The monoisotopic (exact) mass is 278 g/mol. The van der Waals surface area contributed by atoms with Gasteiger partial charge in [0.15, 0.2) is 0 Å². The highest BCUT2D eigenvalue weighted by molar-refractivity contribution is 5.89. The number of rotatable bonds is 8. The van der Waals surface area contributed by atoms with Gasteiger partial charge in [-0.05, 0) is 37.3 Å². The minimum atomic E-state index is -0.208. The molecule has 2 N–H and O–H groups in total. The van der Waals surface area contributed by atoms with Crippen LogP contribution in [0.5, 0.6) is 5.75 Å². The number of anilines is 1. The smallest absolute Gasteiger partial charge is 0.319 e. The van der Waals surface area contributed by atoms with E-state index < -0.39 is 0 Å². The molecule has 1 aliphatic rings. The zero-order valence-corrected chi connectivity index (χ0v) is 11.9. The maximum Gasteiger partial charge on any atom is 0.319 e. The van der Waals surface area contributed by atoms with Crippen LogP contribution in [0.15, 0.2) is 24.3 Å². The number of benzene rings is 1. The second-order valence-corrected chi connectivity index (χ2v) is 4.98. The molecule has 0 heterocycles. The van der Waals surface area contributed by atoms with E-state index in [1.165, 1.54) is 12.8 Å². The molecule has 1 saturated carbocycles. The van der Waals surface area contributed by atoms with Crippen molar-refractivity contribution in [2.24, 2.45) is 5.92 Å². The van der Waals surface area contributed by atoms with Gasteiger partial charge in [0.1, 0.15) is 5.75 Å². The van der Waals surface area contributed by atoms with Gasteiger partial charge in [0.2, 0.25) is 0 Å². The molecule has 0 bridgehead atoms. The molecule has 1 aromatic rings. The molecule has 2 rings (SSSR count). The van der Waals surface area contributed by atoms with Crippen molar-refractivity contribution >= 4 is 11.7 Å². The zero-order valence-electron chi connectivity index (χ0n) is 11.9. The van der Waals surface area contributed by atoms with Gasteiger partial charge in [-0.15, -0.1) is 0 Å². The van der Waals surface area contributed by atoms with E-state index in [0.717, 1.165) is 24.7 Å². The third kappa shape index (κ3) is 5.48. The molecule has 5 heteroatoms. The first kappa shape index (κ1) is 14.7. The summed E-state index contributed by atoms with van der Waals surface area (Å²) in [5, 5.41) is 5.57. The molecule has 0 atom stereocenters. The minimum Gasteiger partial charge on any atom is -0.497 e. The van der Waals surface area contributed by atoms with E-state index in [2.05, 4.69) is 10.6 Å². The molecule has 0 spiro atoms. The summed E-state index contributed by atoms with van der Waals surface area (Å²) in [4.78, 5) is 11.7. The van der Waals surface area contributed by atoms with E-state index in [9.17, 15) is 4.79 Å². The number of urea groups is 1. The van der Waals surface area contributed by atoms with E-state index in [-0.39, 0.29) is 6.03 Å². The molecular weight excluding hydrogens is 256 g/mol. The Morgan fingerprint density at radius 1 is 1.40 bits per heavy atom. The fourth-order valence-electron chi connectivity index (χ4n) is 1.79. The molecule has 1 aromatic carbocycles. The highest BCUT2D eigenvalue weighted by atomic mass is 16.5. The lowest BCUT2D eigenvalue weighted by Crippen LogP contribution is -2.30. The molecule has 0 aliphatic heterocycles. The second kappa shape index (κ2) is 7.75. The number of amides is 2. The maximum absolute atomic E-state index is 11.7. The Balaban J connectivity index is 1.56. The predicted molar refractivity (Wildman–Crippen MR) is 78.2 cm³/mol. The molecule has 0 aromatic heterocycles. The summed E-state index contributed by atoms with van der Waals surface area (Å²) in [5.41, 5.74) is 0.715. The van der Waals surface area contributed by atoms with Crippen LogP contribution in [0.3, 0.4) is 0 Å². The van der Waals surface area contributed by atoms with Gasteiger partial charge in [-0.25, -0.2) is 4.79 Å². The average Bonchev–Trinajstić information content (AvgIpc) is 3.27. The van der Waals surface area contributed by atoms with Crippen molar-refractivity contribution in [3.05, 3.63) is 24.3 Å². The average molecular weight is 278 g/mol. The van der Waals surface area contributed by atoms with Crippen LogP contribution in [-0.4, -0.2) is 32.9 Å². The number of carbonyl (C=O) groups excluding carboxylic acids is 1. The van der Waals surface area contributed by atoms with E-state index in [1.807, 2.05) is 18.2 Å².